The van der Waals surface area contributed by atoms with E-state index < -0.39 is 0 Å². The number of likely N-dealkylation sites (tertiary alicyclic amines) is 1. The molecule has 0 spiro atoms. The van der Waals surface area contributed by atoms with E-state index in [1.807, 2.05) is 19.0 Å². The van der Waals surface area contributed by atoms with Crippen molar-refractivity contribution < 1.29 is 14.0 Å². The summed E-state index contributed by atoms with van der Waals surface area (Å²) in [5.74, 6) is 0.628. The first kappa shape index (κ1) is 25.3. The predicted molar refractivity (Wildman–Crippen MR) is 133 cm³/mol. The Labute approximate surface area is 198 Å². The monoisotopic (exact) mass is 455 g/mol. The van der Waals surface area contributed by atoms with Crippen LogP contribution in [0.2, 0.25) is 0 Å². The molecule has 1 aliphatic rings. The summed E-state index contributed by atoms with van der Waals surface area (Å²) in [6, 6.07) is 4.25. The molecule has 33 heavy (non-hydrogen) atoms. The van der Waals surface area contributed by atoms with Crippen LogP contribution in [0.3, 0.4) is 0 Å². The molecule has 0 saturated carbocycles. The van der Waals surface area contributed by atoms with Crippen molar-refractivity contribution >= 4 is 22.8 Å². The van der Waals surface area contributed by atoms with E-state index in [2.05, 4.69) is 57.0 Å². The third-order valence-electron chi connectivity index (χ3n) is 6.71. The Kier molecular flexibility index (Phi) is 7.88. The second kappa shape index (κ2) is 10.3. The van der Waals surface area contributed by atoms with Gasteiger partial charge in [0.05, 0.1) is 12.7 Å². The number of furan rings is 1. The van der Waals surface area contributed by atoms with Gasteiger partial charge in [0.1, 0.15) is 5.58 Å². The molecule has 1 N–H and O–H groups in total. The minimum atomic E-state index is -0.0180. The molecule has 3 rings (SSSR count). The molecule has 0 aliphatic carbocycles. The molecule has 1 aromatic carbocycles. The molecular weight excluding hydrogens is 414 g/mol. The van der Waals surface area contributed by atoms with E-state index in [4.69, 9.17) is 4.42 Å². The highest BCUT2D eigenvalue weighted by Gasteiger charge is 2.29. The maximum absolute atomic E-state index is 13.0. The Bertz CT molecular complexity index is 982. The molecule has 1 fully saturated rings. The van der Waals surface area contributed by atoms with Crippen LogP contribution >= 0.6 is 0 Å². The van der Waals surface area contributed by atoms with Gasteiger partial charge in [-0.25, -0.2) is 0 Å². The number of carbonyl (C=O) groups is 2. The normalized spacial score (nSPS) is 15.6. The first-order valence-electron chi connectivity index (χ1n) is 12.2. The van der Waals surface area contributed by atoms with Crippen molar-refractivity contribution in [1.29, 1.82) is 0 Å². The summed E-state index contributed by atoms with van der Waals surface area (Å²) in [6.07, 6.45) is 3.49. The lowest BCUT2D eigenvalue weighted by molar-refractivity contribution is -0.135. The third kappa shape index (κ3) is 6.38. The van der Waals surface area contributed by atoms with Crippen molar-refractivity contribution in [3.8, 4) is 0 Å². The SMILES string of the molecule is Cc1cc2occ(CC(=O)N3CCC(C(=O)NCC(C)(C)CN(C)C)CC3)c2cc1C(C)C. The van der Waals surface area contributed by atoms with Crippen LogP contribution in [0.4, 0.5) is 0 Å². The average Bonchev–Trinajstić information content (AvgIpc) is 3.11. The third-order valence-corrected chi connectivity index (χ3v) is 6.71. The summed E-state index contributed by atoms with van der Waals surface area (Å²) in [5, 5.41) is 4.17. The molecule has 6 heteroatoms. The van der Waals surface area contributed by atoms with Crippen LogP contribution in [0.5, 0.6) is 0 Å². The number of aryl methyl sites for hydroxylation is 1. The number of amides is 2. The van der Waals surface area contributed by atoms with Gasteiger partial charge in [0.2, 0.25) is 11.8 Å². The van der Waals surface area contributed by atoms with Crippen molar-refractivity contribution in [3.63, 3.8) is 0 Å². The largest absolute Gasteiger partial charge is 0.464 e. The molecule has 0 unspecified atom stereocenters. The number of fused-ring (bicyclic) bond motifs is 1. The summed E-state index contributed by atoms with van der Waals surface area (Å²) in [4.78, 5) is 29.7. The van der Waals surface area contributed by atoms with Crippen molar-refractivity contribution in [2.75, 3.05) is 40.3 Å². The minimum Gasteiger partial charge on any atom is -0.464 e. The smallest absolute Gasteiger partial charge is 0.227 e. The van der Waals surface area contributed by atoms with Gasteiger partial charge in [-0.2, -0.15) is 0 Å². The van der Waals surface area contributed by atoms with Crippen molar-refractivity contribution in [2.24, 2.45) is 11.3 Å². The summed E-state index contributed by atoms with van der Waals surface area (Å²) < 4.78 is 5.75. The van der Waals surface area contributed by atoms with Gasteiger partial charge in [0, 0.05) is 43.0 Å². The first-order valence-corrected chi connectivity index (χ1v) is 12.2. The maximum atomic E-state index is 13.0. The molecule has 0 bridgehead atoms. The predicted octanol–water partition coefficient (Wildman–Crippen LogP) is 4.35. The van der Waals surface area contributed by atoms with Crippen LogP contribution < -0.4 is 5.32 Å². The van der Waals surface area contributed by atoms with Gasteiger partial charge < -0.3 is 19.5 Å². The Hall–Kier alpha value is -2.34. The van der Waals surface area contributed by atoms with Crippen LogP contribution in [-0.4, -0.2) is 61.9 Å². The van der Waals surface area contributed by atoms with Gasteiger partial charge >= 0.3 is 0 Å². The van der Waals surface area contributed by atoms with E-state index in [-0.39, 0.29) is 23.1 Å². The molecule has 2 aromatic rings. The van der Waals surface area contributed by atoms with Crippen LogP contribution in [0.1, 0.15) is 63.1 Å². The molecular formula is C27H41N3O3. The topological polar surface area (TPSA) is 65.8 Å². The van der Waals surface area contributed by atoms with Gasteiger partial charge in [-0.05, 0) is 68.5 Å². The van der Waals surface area contributed by atoms with E-state index in [0.29, 0.717) is 44.8 Å². The zero-order valence-corrected chi connectivity index (χ0v) is 21.5. The summed E-state index contributed by atoms with van der Waals surface area (Å²) in [6.45, 7) is 13.6. The van der Waals surface area contributed by atoms with E-state index in [1.54, 1.807) is 6.26 Å². The average molecular weight is 456 g/mol. The molecule has 0 atom stereocenters. The van der Waals surface area contributed by atoms with Crippen molar-refractivity contribution in [1.82, 2.24) is 15.1 Å². The highest BCUT2D eigenvalue weighted by Crippen LogP contribution is 2.30. The molecule has 2 heterocycles. The second-order valence-corrected chi connectivity index (χ2v) is 11.1. The van der Waals surface area contributed by atoms with E-state index in [1.165, 1.54) is 11.1 Å². The maximum Gasteiger partial charge on any atom is 0.227 e. The fourth-order valence-corrected chi connectivity index (χ4v) is 5.05. The molecule has 1 aromatic heterocycles. The van der Waals surface area contributed by atoms with E-state index >= 15 is 0 Å². The lowest BCUT2D eigenvalue weighted by Crippen LogP contribution is -2.46. The highest BCUT2D eigenvalue weighted by atomic mass is 16.3. The highest BCUT2D eigenvalue weighted by molar-refractivity contribution is 5.89. The van der Waals surface area contributed by atoms with Gasteiger partial charge in [-0.15, -0.1) is 0 Å². The minimum absolute atomic E-state index is 0.0180. The van der Waals surface area contributed by atoms with Crippen LogP contribution in [0.25, 0.3) is 11.0 Å². The Balaban J connectivity index is 1.55. The molecule has 6 nitrogen and oxygen atoms in total. The Morgan fingerprint density at radius 1 is 1.21 bits per heavy atom. The van der Waals surface area contributed by atoms with Gasteiger partial charge in [-0.3, -0.25) is 9.59 Å². The first-order chi connectivity index (χ1) is 15.5. The van der Waals surface area contributed by atoms with Gasteiger partial charge in [0.15, 0.2) is 0 Å². The van der Waals surface area contributed by atoms with Gasteiger partial charge in [-0.1, -0.05) is 27.7 Å². The number of rotatable bonds is 8. The number of benzene rings is 1. The molecule has 182 valence electrons. The molecule has 2 amide bonds. The van der Waals surface area contributed by atoms with Crippen LogP contribution in [-0.2, 0) is 16.0 Å². The Morgan fingerprint density at radius 2 is 1.88 bits per heavy atom. The number of piperidine rings is 1. The molecule has 0 radical (unpaired) electrons. The van der Waals surface area contributed by atoms with Crippen LogP contribution in [0, 0.1) is 18.3 Å². The quantitative estimate of drug-likeness (QED) is 0.643. The van der Waals surface area contributed by atoms with E-state index in [0.717, 1.165) is 23.1 Å². The standard InChI is InChI=1S/C27H41N3O3/c1-18(2)22-14-23-21(15-33-24(23)12-19(22)3)13-25(31)30-10-8-20(9-11-30)26(32)28-16-27(4,5)17-29(6)7/h12,14-15,18,20H,8-11,13,16-17H2,1-7H3,(H,28,32). The fourth-order valence-electron chi connectivity index (χ4n) is 5.05. The lowest BCUT2D eigenvalue weighted by atomic mass is 9.91. The second-order valence-electron chi connectivity index (χ2n) is 11.1. The number of nitrogens with one attached hydrogen (secondary N) is 1. The summed E-state index contributed by atoms with van der Waals surface area (Å²) in [7, 11) is 4.10. The van der Waals surface area contributed by atoms with Crippen molar-refractivity contribution in [3.05, 3.63) is 35.1 Å². The van der Waals surface area contributed by atoms with Gasteiger partial charge in [0.25, 0.3) is 0 Å². The van der Waals surface area contributed by atoms with Crippen LogP contribution in [0.15, 0.2) is 22.8 Å². The number of carbonyl (C=O) groups excluding carboxylic acids is 2. The zero-order valence-electron chi connectivity index (χ0n) is 21.5. The fraction of sp³-hybridized carbons (Fsp3) is 0.630. The number of nitrogens with zero attached hydrogens (tertiary/aromatic N) is 2. The lowest BCUT2D eigenvalue weighted by Gasteiger charge is -2.33. The molecule has 1 saturated heterocycles. The number of hydrogen-bond donors (Lipinski definition) is 1. The molecule has 1 aliphatic heterocycles. The van der Waals surface area contributed by atoms with Crippen molar-refractivity contribution in [2.45, 2.75) is 59.8 Å². The van der Waals surface area contributed by atoms with E-state index in [9.17, 15) is 9.59 Å². The summed E-state index contributed by atoms with van der Waals surface area (Å²) >= 11 is 0. The number of hydrogen-bond acceptors (Lipinski definition) is 4. The summed E-state index contributed by atoms with van der Waals surface area (Å²) in [5.41, 5.74) is 4.32. The zero-order chi connectivity index (χ0) is 24.3. The Morgan fingerprint density at radius 3 is 2.48 bits per heavy atom.